The van der Waals surface area contributed by atoms with Crippen LogP contribution in [0.1, 0.15) is 16.1 Å². The molecule has 2 aromatic carbocycles. The number of hydrogen-bond donors (Lipinski definition) is 2. The van der Waals surface area contributed by atoms with Crippen LogP contribution in [0.5, 0.6) is 5.75 Å². The van der Waals surface area contributed by atoms with Crippen molar-refractivity contribution in [1.29, 1.82) is 0 Å². The second kappa shape index (κ2) is 8.05. The SMILES string of the molecule is COc1ccc2cc(CNC(=O)CNC(=O)c3ccc(Br)o3)ccc2c1. The maximum Gasteiger partial charge on any atom is 0.287 e. The molecule has 134 valence electrons. The number of methoxy groups -OCH3 is 1. The third-order valence-corrected chi connectivity index (χ3v) is 4.23. The molecule has 0 aliphatic carbocycles. The van der Waals surface area contributed by atoms with E-state index in [9.17, 15) is 9.59 Å². The Kier molecular flexibility index (Phi) is 5.58. The molecule has 2 amide bonds. The van der Waals surface area contributed by atoms with Gasteiger partial charge in [0.25, 0.3) is 5.91 Å². The van der Waals surface area contributed by atoms with Gasteiger partial charge >= 0.3 is 0 Å². The predicted octanol–water partition coefficient (Wildman–Crippen LogP) is 3.25. The van der Waals surface area contributed by atoms with Crippen LogP contribution in [0, 0.1) is 0 Å². The van der Waals surface area contributed by atoms with Gasteiger partial charge in [0.05, 0.1) is 13.7 Å². The van der Waals surface area contributed by atoms with Gasteiger partial charge in [0.2, 0.25) is 5.91 Å². The Hall–Kier alpha value is -2.80. The average molecular weight is 417 g/mol. The first kappa shape index (κ1) is 18.0. The van der Waals surface area contributed by atoms with Gasteiger partial charge in [-0.25, -0.2) is 0 Å². The number of hydrogen-bond acceptors (Lipinski definition) is 4. The molecule has 0 spiro atoms. The smallest absolute Gasteiger partial charge is 0.287 e. The fraction of sp³-hybridized carbons (Fsp3) is 0.158. The van der Waals surface area contributed by atoms with Crippen LogP contribution < -0.4 is 15.4 Å². The second-order valence-corrected chi connectivity index (χ2v) is 6.39. The molecule has 0 saturated heterocycles. The summed E-state index contributed by atoms with van der Waals surface area (Å²) in [4.78, 5) is 23.7. The molecule has 1 heterocycles. The number of ether oxygens (including phenoxy) is 1. The van der Waals surface area contributed by atoms with Crippen molar-refractivity contribution in [3.05, 3.63) is 64.5 Å². The molecule has 1 aromatic heterocycles. The number of amides is 2. The van der Waals surface area contributed by atoms with E-state index in [1.807, 2.05) is 36.4 Å². The summed E-state index contributed by atoms with van der Waals surface area (Å²) in [6.07, 6.45) is 0. The Bertz CT molecular complexity index is 952. The standard InChI is InChI=1S/C19H17BrN2O4/c1-25-15-5-4-13-8-12(2-3-14(13)9-15)10-21-18(23)11-22-19(24)16-6-7-17(20)26-16/h2-9H,10-11H2,1H3,(H,21,23)(H,22,24). The molecule has 6 nitrogen and oxygen atoms in total. The minimum absolute atomic E-state index is 0.123. The van der Waals surface area contributed by atoms with E-state index in [2.05, 4.69) is 26.6 Å². The van der Waals surface area contributed by atoms with Gasteiger partial charge < -0.3 is 19.8 Å². The largest absolute Gasteiger partial charge is 0.497 e. The van der Waals surface area contributed by atoms with Crippen molar-refractivity contribution in [2.45, 2.75) is 6.54 Å². The summed E-state index contributed by atoms with van der Waals surface area (Å²) in [5.74, 6) is 0.233. The molecule has 0 radical (unpaired) electrons. The molecule has 3 aromatic rings. The molecule has 0 saturated carbocycles. The minimum atomic E-state index is -0.439. The zero-order valence-corrected chi connectivity index (χ0v) is 15.6. The van der Waals surface area contributed by atoms with E-state index < -0.39 is 5.91 Å². The van der Waals surface area contributed by atoms with Crippen molar-refractivity contribution in [2.75, 3.05) is 13.7 Å². The lowest BCUT2D eigenvalue weighted by Gasteiger charge is -2.08. The molecule has 0 unspecified atom stereocenters. The van der Waals surface area contributed by atoms with Crippen molar-refractivity contribution < 1.29 is 18.7 Å². The van der Waals surface area contributed by atoms with Crippen molar-refractivity contribution >= 4 is 38.5 Å². The normalized spacial score (nSPS) is 10.5. The van der Waals surface area contributed by atoms with Crippen LogP contribution in [0.25, 0.3) is 10.8 Å². The Balaban J connectivity index is 1.52. The predicted molar refractivity (Wildman–Crippen MR) is 101 cm³/mol. The lowest BCUT2D eigenvalue weighted by Crippen LogP contribution is -2.36. The zero-order valence-electron chi connectivity index (χ0n) is 14.0. The van der Waals surface area contributed by atoms with Crippen LogP contribution in [-0.2, 0) is 11.3 Å². The zero-order chi connectivity index (χ0) is 18.5. The van der Waals surface area contributed by atoms with E-state index in [1.165, 1.54) is 6.07 Å². The third kappa shape index (κ3) is 4.43. The van der Waals surface area contributed by atoms with Gasteiger partial charge in [-0.15, -0.1) is 0 Å². The van der Waals surface area contributed by atoms with Gasteiger partial charge in [-0.05, 0) is 62.6 Å². The third-order valence-electron chi connectivity index (χ3n) is 3.81. The van der Waals surface area contributed by atoms with Gasteiger partial charge in [0.1, 0.15) is 5.75 Å². The van der Waals surface area contributed by atoms with Gasteiger partial charge in [-0.2, -0.15) is 0 Å². The maximum absolute atomic E-state index is 11.9. The van der Waals surface area contributed by atoms with E-state index in [0.717, 1.165) is 22.1 Å². The first-order valence-electron chi connectivity index (χ1n) is 7.92. The number of furan rings is 1. The molecule has 0 fully saturated rings. The molecular weight excluding hydrogens is 400 g/mol. The lowest BCUT2D eigenvalue weighted by molar-refractivity contribution is -0.120. The van der Waals surface area contributed by atoms with Gasteiger partial charge in [0.15, 0.2) is 10.4 Å². The molecule has 7 heteroatoms. The van der Waals surface area contributed by atoms with Crippen LogP contribution in [0.3, 0.4) is 0 Å². The van der Waals surface area contributed by atoms with E-state index in [-0.39, 0.29) is 18.2 Å². The average Bonchev–Trinajstić information content (AvgIpc) is 3.10. The first-order valence-corrected chi connectivity index (χ1v) is 8.71. The second-order valence-electron chi connectivity index (χ2n) is 5.61. The van der Waals surface area contributed by atoms with E-state index in [4.69, 9.17) is 9.15 Å². The highest BCUT2D eigenvalue weighted by Gasteiger charge is 2.11. The summed E-state index contributed by atoms with van der Waals surface area (Å²) in [7, 11) is 1.63. The molecule has 26 heavy (non-hydrogen) atoms. The number of nitrogens with one attached hydrogen (secondary N) is 2. The number of carbonyl (C=O) groups excluding carboxylic acids is 2. The number of halogens is 1. The van der Waals surface area contributed by atoms with Crippen molar-refractivity contribution in [3.63, 3.8) is 0 Å². The summed E-state index contributed by atoms with van der Waals surface area (Å²) < 4.78 is 10.8. The van der Waals surface area contributed by atoms with Crippen LogP contribution >= 0.6 is 15.9 Å². The fourth-order valence-corrected chi connectivity index (χ4v) is 2.76. The molecule has 2 N–H and O–H groups in total. The van der Waals surface area contributed by atoms with Crippen LogP contribution in [0.2, 0.25) is 0 Å². The summed E-state index contributed by atoms with van der Waals surface area (Å²) >= 11 is 3.12. The topological polar surface area (TPSA) is 80.6 Å². The molecule has 0 atom stereocenters. The van der Waals surface area contributed by atoms with E-state index in [1.54, 1.807) is 13.2 Å². The molecule has 0 aliphatic rings. The van der Waals surface area contributed by atoms with Gasteiger partial charge in [0, 0.05) is 6.54 Å². The summed E-state index contributed by atoms with van der Waals surface area (Å²) in [6, 6.07) is 14.9. The summed E-state index contributed by atoms with van der Waals surface area (Å²) in [5, 5.41) is 7.42. The number of carbonyl (C=O) groups is 2. The molecular formula is C19H17BrN2O4. The van der Waals surface area contributed by atoms with Crippen molar-refractivity contribution in [3.8, 4) is 5.75 Å². The number of fused-ring (bicyclic) bond motifs is 1. The Morgan fingerprint density at radius 1 is 1.04 bits per heavy atom. The van der Waals surface area contributed by atoms with E-state index in [0.29, 0.717) is 11.2 Å². The maximum atomic E-state index is 11.9. The quantitative estimate of drug-likeness (QED) is 0.646. The van der Waals surface area contributed by atoms with Crippen molar-refractivity contribution in [2.24, 2.45) is 0 Å². The monoisotopic (exact) mass is 416 g/mol. The molecule has 3 rings (SSSR count). The Labute approximate surface area is 158 Å². The first-order chi connectivity index (χ1) is 12.5. The van der Waals surface area contributed by atoms with Gasteiger partial charge in [-0.3, -0.25) is 9.59 Å². The summed E-state index contributed by atoms with van der Waals surface area (Å²) in [6.45, 7) is 0.255. The number of benzene rings is 2. The van der Waals surface area contributed by atoms with Crippen LogP contribution in [0.4, 0.5) is 0 Å². The molecule has 0 aliphatic heterocycles. The molecule has 0 bridgehead atoms. The highest BCUT2D eigenvalue weighted by Crippen LogP contribution is 2.21. The lowest BCUT2D eigenvalue weighted by atomic mass is 10.1. The number of rotatable bonds is 6. The van der Waals surface area contributed by atoms with E-state index >= 15 is 0 Å². The fourth-order valence-electron chi connectivity index (χ4n) is 2.46. The Morgan fingerprint density at radius 2 is 1.81 bits per heavy atom. The van der Waals surface area contributed by atoms with Gasteiger partial charge in [-0.1, -0.05) is 18.2 Å². The van der Waals surface area contributed by atoms with Crippen LogP contribution in [-0.4, -0.2) is 25.5 Å². The van der Waals surface area contributed by atoms with Crippen molar-refractivity contribution in [1.82, 2.24) is 10.6 Å². The van der Waals surface area contributed by atoms with Crippen LogP contribution in [0.15, 0.2) is 57.6 Å². The summed E-state index contributed by atoms with van der Waals surface area (Å²) in [5.41, 5.74) is 0.970. The minimum Gasteiger partial charge on any atom is -0.497 e. The Morgan fingerprint density at radius 3 is 2.54 bits per heavy atom. The highest BCUT2D eigenvalue weighted by atomic mass is 79.9. The highest BCUT2D eigenvalue weighted by molar-refractivity contribution is 9.10.